The molecule has 0 radical (unpaired) electrons. The summed E-state index contributed by atoms with van der Waals surface area (Å²) in [5.74, 6) is -0.311. The zero-order valence-corrected chi connectivity index (χ0v) is 17.4. The van der Waals surface area contributed by atoms with Crippen LogP contribution in [0.5, 0.6) is 0 Å². The Morgan fingerprint density at radius 1 is 1.03 bits per heavy atom. The van der Waals surface area contributed by atoms with E-state index >= 15 is 0 Å². The zero-order chi connectivity index (χ0) is 20.4. The Hall–Kier alpha value is -2.97. The van der Waals surface area contributed by atoms with Gasteiger partial charge in [-0.15, -0.1) is 22.7 Å². The van der Waals surface area contributed by atoms with Crippen LogP contribution in [0.2, 0.25) is 0 Å². The van der Waals surface area contributed by atoms with Crippen LogP contribution < -0.4 is 16.6 Å². The summed E-state index contributed by atoms with van der Waals surface area (Å²) in [6.07, 6.45) is 0.596. The van der Waals surface area contributed by atoms with Crippen LogP contribution in [0.15, 0.2) is 62.8 Å². The van der Waals surface area contributed by atoms with Crippen LogP contribution in [0.3, 0.4) is 0 Å². The number of carbonyl (C=O) groups is 1. The molecule has 0 aliphatic rings. The van der Waals surface area contributed by atoms with E-state index in [4.69, 9.17) is 0 Å². The highest BCUT2D eigenvalue weighted by Gasteiger charge is 2.16. The second-order valence-electron chi connectivity index (χ2n) is 6.71. The van der Waals surface area contributed by atoms with Crippen LogP contribution in [0.25, 0.3) is 10.2 Å². The number of benzene rings is 1. The maximum Gasteiger partial charge on any atom is 0.332 e. The highest BCUT2D eigenvalue weighted by Crippen LogP contribution is 2.16. The van der Waals surface area contributed by atoms with Gasteiger partial charge in [0.25, 0.3) is 5.56 Å². The lowest BCUT2D eigenvalue weighted by Crippen LogP contribution is -2.41. The molecule has 4 rings (SSSR count). The first-order chi connectivity index (χ1) is 14.0. The summed E-state index contributed by atoms with van der Waals surface area (Å²) in [6, 6.07) is 13.1. The van der Waals surface area contributed by atoms with Crippen molar-refractivity contribution in [1.29, 1.82) is 0 Å². The van der Waals surface area contributed by atoms with Gasteiger partial charge >= 0.3 is 5.69 Å². The standard InChI is InChI=1S/C21H19N3O3S2/c1-14-4-2-5-15(12-14)22-18(25)13-24-17-8-11-29-19(17)20(26)23(21(24)27)9-7-16-6-3-10-28-16/h2-6,8,10-12H,7,9,13H2,1H3,(H,22,25). The Morgan fingerprint density at radius 3 is 2.66 bits per heavy atom. The highest BCUT2D eigenvalue weighted by atomic mass is 32.1. The molecule has 0 spiro atoms. The van der Waals surface area contributed by atoms with Crippen LogP contribution in [0.4, 0.5) is 5.69 Å². The molecule has 0 bridgehead atoms. The normalized spacial score (nSPS) is 11.1. The molecule has 0 fully saturated rings. The Labute approximate surface area is 174 Å². The first-order valence-corrected chi connectivity index (χ1v) is 10.9. The van der Waals surface area contributed by atoms with Gasteiger partial charge in [-0.25, -0.2) is 4.79 Å². The maximum absolute atomic E-state index is 13.1. The van der Waals surface area contributed by atoms with Gasteiger partial charge in [0.05, 0.1) is 5.52 Å². The van der Waals surface area contributed by atoms with E-state index in [9.17, 15) is 14.4 Å². The summed E-state index contributed by atoms with van der Waals surface area (Å²) in [6.45, 7) is 2.07. The van der Waals surface area contributed by atoms with Gasteiger partial charge in [0.2, 0.25) is 5.91 Å². The number of fused-ring (bicyclic) bond motifs is 1. The SMILES string of the molecule is Cc1cccc(NC(=O)Cn2c(=O)n(CCc3cccs3)c(=O)c3sccc32)c1. The van der Waals surface area contributed by atoms with E-state index in [1.165, 1.54) is 20.5 Å². The average Bonchev–Trinajstić information content (AvgIpc) is 3.37. The van der Waals surface area contributed by atoms with Gasteiger partial charge in [0.15, 0.2) is 0 Å². The summed E-state index contributed by atoms with van der Waals surface area (Å²) in [5.41, 5.74) is 1.44. The molecule has 0 atom stereocenters. The van der Waals surface area contributed by atoms with Crippen molar-refractivity contribution in [3.8, 4) is 0 Å². The van der Waals surface area contributed by atoms with Gasteiger partial charge in [0, 0.05) is 17.1 Å². The number of hydrogen-bond acceptors (Lipinski definition) is 5. The number of carbonyl (C=O) groups excluding carboxylic acids is 1. The van der Waals surface area contributed by atoms with Crippen LogP contribution in [-0.2, 0) is 24.3 Å². The van der Waals surface area contributed by atoms with Crippen molar-refractivity contribution in [3.63, 3.8) is 0 Å². The fourth-order valence-electron chi connectivity index (χ4n) is 3.23. The third kappa shape index (κ3) is 4.08. The topological polar surface area (TPSA) is 73.1 Å². The quantitative estimate of drug-likeness (QED) is 0.514. The lowest BCUT2D eigenvalue weighted by Gasteiger charge is -2.12. The van der Waals surface area contributed by atoms with Crippen LogP contribution in [-0.4, -0.2) is 15.0 Å². The molecule has 29 heavy (non-hydrogen) atoms. The fourth-order valence-corrected chi connectivity index (χ4v) is 4.77. The second-order valence-corrected chi connectivity index (χ2v) is 8.66. The van der Waals surface area contributed by atoms with E-state index in [1.807, 2.05) is 42.6 Å². The first-order valence-electron chi connectivity index (χ1n) is 9.12. The minimum absolute atomic E-state index is 0.153. The molecule has 3 aromatic heterocycles. The van der Waals surface area contributed by atoms with E-state index in [-0.39, 0.29) is 24.6 Å². The zero-order valence-electron chi connectivity index (χ0n) is 15.8. The molecule has 148 valence electrons. The summed E-state index contributed by atoms with van der Waals surface area (Å²) in [4.78, 5) is 39.6. The molecule has 1 N–H and O–H groups in total. The largest absolute Gasteiger partial charge is 0.332 e. The molecule has 6 nitrogen and oxygen atoms in total. The Kier molecular flexibility index (Phi) is 5.46. The molecule has 1 aromatic carbocycles. The van der Waals surface area contributed by atoms with Crippen molar-refractivity contribution >= 4 is 44.5 Å². The molecular formula is C21H19N3O3S2. The second kappa shape index (κ2) is 8.18. The smallest absolute Gasteiger partial charge is 0.325 e. The number of nitrogens with one attached hydrogen (secondary N) is 1. The van der Waals surface area contributed by atoms with Crippen molar-refractivity contribution < 1.29 is 4.79 Å². The number of aryl methyl sites for hydroxylation is 2. The number of nitrogens with zero attached hydrogens (tertiary/aromatic N) is 2. The number of rotatable bonds is 6. The van der Waals surface area contributed by atoms with E-state index in [0.717, 1.165) is 10.4 Å². The Balaban J connectivity index is 1.66. The summed E-state index contributed by atoms with van der Waals surface area (Å²) < 4.78 is 3.10. The van der Waals surface area contributed by atoms with Crippen molar-refractivity contribution in [2.24, 2.45) is 0 Å². The van der Waals surface area contributed by atoms with E-state index < -0.39 is 5.69 Å². The van der Waals surface area contributed by atoms with Gasteiger partial charge < -0.3 is 5.32 Å². The van der Waals surface area contributed by atoms with Crippen molar-refractivity contribution in [3.05, 3.63) is 84.5 Å². The first kappa shape index (κ1) is 19.4. The minimum Gasteiger partial charge on any atom is -0.325 e. The Morgan fingerprint density at radius 2 is 1.90 bits per heavy atom. The van der Waals surface area contributed by atoms with Gasteiger partial charge in [-0.2, -0.15) is 0 Å². The molecule has 0 saturated heterocycles. The van der Waals surface area contributed by atoms with Crippen LogP contribution in [0.1, 0.15) is 10.4 Å². The van der Waals surface area contributed by atoms with E-state index in [2.05, 4.69) is 5.32 Å². The van der Waals surface area contributed by atoms with Crippen molar-refractivity contribution in [1.82, 2.24) is 9.13 Å². The number of amides is 1. The summed E-state index contributed by atoms with van der Waals surface area (Å²) >= 11 is 2.88. The molecule has 0 aliphatic carbocycles. The fraction of sp³-hybridized carbons (Fsp3) is 0.190. The minimum atomic E-state index is -0.461. The number of thiophene rings is 2. The molecule has 4 aromatic rings. The monoisotopic (exact) mass is 425 g/mol. The highest BCUT2D eigenvalue weighted by molar-refractivity contribution is 7.17. The average molecular weight is 426 g/mol. The molecule has 3 heterocycles. The van der Waals surface area contributed by atoms with Gasteiger partial charge in [-0.05, 0) is 53.9 Å². The van der Waals surface area contributed by atoms with E-state index in [1.54, 1.807) is 28.8 Å². The summed E-state index contributed by atoms with van der Waals surface area (Å²) in [5, 5.41) is 6.56. The molecule has 1 amide bonds. The number of aromatic nitrogens is 2. The maximum atomic E-state index is 13.1. The van der Waals surface area contributed by atoms with Gasteiger partial charge in [-0.1, -0.05) is 18.2 Å². The predicted octanol–water partition coefficient (Wildman–Crippen LogP) is 3.48. The third-order valence-corrected chi connectivity index (χ3v) is 6.43. The van der Waals surface area contributed by atoms with Crippen LogP contribution in [0, 0.1) is 6.92 Å². The summed E-state index contributed by atoms with van der Waals surface area (Å²) in [7, 11) is 0. The molecule has 0 aliphatic heterocycles. The molecule has 0 saturated carbocycles. The third-order valence-electron chi connectivity index (χ3n) is 4.60. The van der Waals surface area contributed by atoms with E-state index in [0.29, 0.717) is 22.3 Å². The Bertz CT molecular complexity index is 1280. The predicted molar refractivity (Wildman–Crippen MR) is 118 cm³/mol. The van der Waals surface area contributed by atoms with Gasteiger partial charge in [0.1, 0.15) is 11.2 Å². The molecule has 0 unspecified atom stereocenters. The number of hydrogen-bond donors (Lipinski definition) is 1. The van der Waals surface area contributed by atoms with Gasteiger partial charge in [-0.3, -0.25) is 18.7 Å². The lowest BCUT2D eigenvalue weighted by molar-refractivity contribution is -0.116. The number of anilines is 1. The lowest BCUT2D eigenvalue weighted by atomic mass is 10.2. The van der Waals surface area contributed by atoms with Crippen LogP contribution >= 0.6 is 22.7 Å². The molecule has 8 heteroatoms. The van der Waals surface area contributed by atoms with Crippen molar-refractivity contribution in [2.75, 3.05) is 5.32 Å². The van der Waals surface area contributed by atoms with Crippen molar-refractivity contribution in [2.45, 2.75) is 26.4 Å². The molecular weight excluding hydrogens is 406 g/mol.